The third-order valence-electron chi connectivity index (χ3n) is 3.43. The smallest absolute Gasteiger partial charge is 0.313 e. The highest BCUT2D eigenvalue weighted by atomic mass is 16.4. The lowest BCUT2D eigenvalue weighted by Gasteiger charge is -2.34. The molecule has 1 aromatic carbocycles. The number of nitrogens with zero attached hydrogens (tertiary/aromatic N) is 2. The Morgan fingerprint density at radius 2 is 2.06 bits per heavy atom. The molecular formula is C13H16N2O3. The van der Waals surface area contributed by atoms with Crippen LogP contribution in [0.25, 0.3) is 0 Å². The largest absolute Gasteiger partial charge is 0.481 e. The predicted molar refractivity (Wildman–Crippen MR) is 67.0 cm³/mol. The van der Waals surface area contributed by atoms with Gasteiger partial charge in [-0.05, 0) is 24.8 Å². The molecule has 18 heavy (non-hydrogen) atoms. The van der Waals surface area contributed by atoms with E-state index < -0.39 is 11.9 Å². The Labute approximate surface area is 105 Å². The minimum atomic E-state index is -0.901. The zero-order chi connectivity index (χ0) is 13.0. The summed E-state index contributed by atoms with van der Waals surface area (Å²) in [6, 6.07) is 8.71. The number of nitroso groups, excluding NO2 is 1. The Morgan fingerprint density at radius 1 is 1.33 bits per heavy atom. The van der Waals surface area contributed by atoms with E-state index in [9.17, 15) is 14.8 Å². The maximum atomic E-state index is 11.5. The minimum Gasteiger partial charge on any atom is -0.481 e. The van der Waals surface area contributed by atoms with Crippen molar-refractivity contribution >= 4 is 5.97 Å². The van der Waals surface area contributed by atoms with Crippen molar-refractivity contribution in [3.8, 4) is 0 Å². The van der Waals surface area contributed by atoms with E-state index in [1.165, 1.54) is 5.01 Å². The first-order valence-electron chi connectivity index (χ1n) is 6.11. The fraction of sp³-hybridized carbons (Fsp3) is 0.462. The molecule has 1 aliphatic heterocycles. The van der Waals surface area contributed by atoms with Crippen LogP contribution in [-0.2, 0) is 4.79 Å². The summed E-state index contributed by atoms with van der Waals surface area (Å²) in [4.78, 5) is 22.3. The van der Waals surface area contributed by atoms with Gasteiger partial charge in [-0.3, -0.25) is 9.80 Å². The lowest BCUT2D eigenvalue weighted by Crippen LogP contribution is -2.42. The van der Waals surface area contributed by atoms with Crippen LogP contribution in [0.3, 0.4) is 0 Å². The zero-order valence-electron chi connectivity index (χ0n) is 10.0. The second-order valence-electron chi connectivity index (χ2n) is 4.53. The van der Waals surface area contributed by atoms with E-state index in [0.29, 0.717) is 13.0 Å². The van der Waals surface area contributed by atoms with Crippen molar-refractivity contribution in [1.82, 2.24) is 5.01 Å². The first-order chi connectivity index (χ1) is 8.74. The SMILES string of the molecule is O=NN1CCCC[C@@H]1[C@H](C(=O)O)c1ccccc1. The van der Waals surface area contributed by atoms with Crippen LogP contribution in [0.1, 0.15) is 30.7 Å². The number of carboxylic acid groups (broad SMARTS) is 1. The molecule has 1 N–H and O–H groups in total. The highest BCUT2D eigenvalue weighted by Crippen LogP contribution is 2.30. The fourth-order valence-corrected chi connectivity index (χ4v) is 2.57. The molecule has 96 valence electrons. The molecule has 0 bridgehead atoms. The van der Waals surface area contributed by atoms with Gasteiger partial charge in [-0.1, -0.05) is 30.3 Å². The quantitative estimate of drug-likeness (QED) is 0.830. The van der Waals surface area contributed by atoms with E-state index in [2.05, 4.69) is 5.29 Å². The Bertz CT molecular complexity index is 422. The first kappa shape index (κ1) is 12.5. The number of carboxylic acids is 1. The van der Waals surface area contributed by atoms with Crippen molar-refractivity contribution in [2.75, 3.05) is 6.54 Å². The van der Waals surface area contributed by atoms with Gasteiger partial charge in [0.05, 0.1) is 11.3 Å². The number of carbonyl (C=O) groups is 1. The Kier molecular flexibility index (Phi) is 3.92. The summed E-state index contributed by atoms with van der Waals surface area (Å²) in [5.41, 5.74) is 0.727. The van der Waals surface area contributed by atoms with E-state index in [1.807, 2.05) is 18.2 Å². The predicted octanol–water partition coefficient (Wildman–Crippen LogP) is 2.39. The molecule has 0 amide bonds. The average Bonchev–Trinajstić information content (AvgIpc) is 2.40. The lowest BCUT2D eigenvalue weighted by molar-refractivity contribution is -0.141. The third kappa shape index (κ3) is 2.50. The highest BCUT2D eigenvalue weighted by molar-refractivity contribution is 5.77. The Hall–Kier alpha value is -1.91. The van der Waals surface area contributed by atoms with Crippen molar-refractivity contribution in [1.29, 1.82) is 0 Å². The van der Waals surface area contributed by atoms with Crippen LogP contribution in [0, 0.1) is 4.91 Å². The number of rotatable bonds is 4. The highest BCUT2D eigenvalue weighted by Gasteiger charge is 2.35. The van der Waals surface area contributed by atoms with E-state index in [0.717, 1.165) is 18.4 Å². The van der Waals surface area contributed by atoms with Crippen LogP contribution < -0.4 is 0 Å². The van der Waals surface area contributed by atoms with Crippen molar-refractivity contribution in [2.24, 2.45) is 5.29 Å². The van der Waals surface area contributed by atoms with Gasteiger partial charge in [0, 0.05) is 6.54 Å². The zero-order valence-corrected chi connectivity index (χ0v) is 10.0. The standard InChI is InChI=1S/C13H16N2O3/c16-13(17)12(10-6-2-1-3-7-10)11-8-4-5-9-15(11)14-18/h1-3,6-7,11-12H,4-5,8-9H2,(H,16,17)/t11-,12-/m1/s1. The first-order valence-corrected chi connectivity index (χ1v) is 6.11. The Balaban J connectivity index is 2.29. The number of aliphatic carboxylic acids is 1. The van der Waals surface area contributed by atoms with Crippen LogP contribution in [-0.4, -0.2) is 28.7 Å². The molecule has 1 aromatic rings. The molecule has 2 rings (SSSR count). The van der Waals surface area contributed by atoms with Crippen molar-refractivity contribution < 1.29 is 9.90 Å². The maximum absolute atomic E-state index is 11.5. The summed E-state index contributed by atoms with van der Waals surface area (Å²) >= 11 is 0. The number of piperidine rings is 1. The lowest BCUT2D eigenvalue weighted by atomic mass is 9.86. The molecule has 0 radical (unpaired) electrons. The number of hydrogen-bond acceptors (Lipinski definition) is 3. The minimum absolute atomic E-state index is 0.337. The van der Waals surface area contributed by atoms with Crippen LogP contribution in [0.2, 0.25) is 0 Å². The summed E-state index contributed by atoms with van der Waals surface area (Å²) in [5.74, 6) is -1.59. The van der Waals surface area contributed by atoms with Gasteiger partial charge in [0.1, 0.15) is 5.92 Å². The second-order valence-corrected chi connectivity index (χ2v) is 4.53. The third-order valence-corrected chi connectivity index (χ3v) is 3.43. The molecule has 1 heterocycles. The fourth-order valence-electron chi connectivity index (χ4n) is 2.57. The van der Waals surface area contributed by atoms with E-state index in [1.54, 1.807) is 12.1 Å². The van der Waals surface area contributed by atoms with Gasteiger partial charge in [-0.15, -0.1) is 4.91 Å². The molecule has 5 nitrogen and oxygen atoms in total. The summed E-state index contributed by atoms with van der Waals surface area (Å²) in [5, 5.41) is 13.8. The molecule has 0 unspecified atom stereocenters. The summed E-state index contributed by atoms with van der Waals surface area (Å²) < 4.78 is 0. The molecule has 0 saturated carbocycles. The van der Waals surface area contributed by atoms with Gasteiger partial charge < -0.3 is 5.11 Å². The molecule has 1 saturated heterocycles. The van der Waals surface area contributed by atoms with Gasteiger partial charge in [0.15, 0.2) is 0 Å². The Morgan fingerprint density at radius 3 is 2.67 bits per heavy atom. The van der Waals surface area contributed by atoms with E-state index in [4.69, 9.17) is 0 Å². The monoisotopic (exact) mass is 248 g/mol. The van der Waals surface area contributed by atoms with Gasteiger partial charge in [0.2, 0.25) is 0 Å². The van der Waals surface area contributed by atoms with Crippen molar-refractivity contribution in [3.05, 3.63) is 40.8 Å². The molecule has 1 fully saturated rings. The average molecular weight is 248 g/mol. The van der Waals surface area contributed by atoms with Gasteiger partial charge >= 0.3 is 5.97 Å². The summed E-state index contributed by atoms with van der Waals surface area (Å²) in [7, 11) is 0. The van der Waals surface area contributed by atoms with Gasteiger partial charge in [-0.25, -0.2) is 0 Å². The topological polar surface area (TPSA) is 70.0 Å². The molecule has 5 heteroatoms. The molecule has 1 aliphatic rings. The molecule has 0 aromatic heterocycles. The van der Waals surface area contributed by atoms with Crippen molar-refractivity contribution in [3.63, 3.8) is 0 Å². The van der Waals surface area contributed by atoms with Crippen LogP contribution in [0.4, 0.5) is 0 Å². The molecule has 2 atom stereocenters. The molecular weight excluding hydrogens is 232 g/mol. The molecule has 0 spiro atoms. The van der Waals surface area contributed by atoms with E-state index >= 15 is 0 Å². The van der Waals surface area contributed by atoms with E-state index in [-0.39, 0.29) is 6.04 Å². The normalized spacial score (nSPS) is 21.3. The maximum Gasteiger partial charge on any atom is 0.313 e. The van der Waals surface area contributed by atoms with Crippen LogP contribution in [0.15, 0.2) is 35.6 Å². The van der Waals surface area contributed by atoms with Crippen molar-refractivity contribution in [2.45, 2.75) is 31.2 Å². The number of hydrogen-bond donors (Lipinski definition) is 1. The number of benzene rings is 1. The summed E-state index contributed by atoms with van der Waals surface area (Å²) in [6.07, 6.45) is 2.52. The van der Waals surface area contributed by atoms with Gasteiger partial charge in [-0.2, -0.15) is 0 Å². The van der Waals surface area contributed by atoms with Crippen LogP contribution >= 0.6 is 0 Å². The second kappa shape index (κ2) is 5.62. The van der Waals surface area contributed by atoms with Crippen LogP contribution in [0.5, 0.6) is 0 Å². The van der Waals surface area contributed by atoms with Gasteiger partial charge in [0.25, 0.3) is 0 Å². The summed E-state index contributed by atoms with van der Waals surface area (Å²) in [6.45, 7) is 0.546. The molecule has 0 aliphatic carbocycles.